The van der Waals surface area contributed by atoms with Gasteiger partial charge in [-0.25, -0.2) is 0 Å². The number of hydrogen-bond donors (Lipinski definition) is 1. The van der Waals surface area contributed by atoms with Gasteiger partial charge in [-0.3, -0.25) is 0 Å². The van der Waals surface area contributed by atoms with Gasteiger partial charge in [-0.2, -0.15) is 18.0 Å². The van der Waals surface area contributed by atoms with Gasteiger partial charge in [-0.15, -0.1) is 10.2 Å². The monoisotopic (exact) mass is 453 g/mol. The smallest absolute Gasteiger partial charge is 0.416 e. The van der Waals surface area contributed by atoms with Crippen molar-refractivity contribution in [3.05, 3.63) is 82.9 Å². The fourth-order valence-corrected chi connectivity index (χ4v) is 3.88. The number of para-hydroxylation sites is 1. The highest BCUT2D eigenvalue weighted by molar-refractivity contribution is 5.75. The maximum Gasteiger partial charge on any atom is 0.416 e. The molecule has 0 radical (unpaired) electrons. The molecule has 0 aliphatic heterocycles. The molecule has 0 saturated carbocycles. The third-order valence-corrected chi connectivity index (χ3v) is 6.02. The van der Waals surface area contributed by atoms with Crippen LogP contribution < -0.4 is 0 Å². The van der Waals surface area contributed by atoms with E-state index in [1.54, 1.807) is 12.1 Å². The number of phenols is 1. The summed E-state index contributed by atoms with van der Waals surface area (Å²) in [5.41, 5.74) is 2.43. The molecule has 7 heteroatoms. The van der Waals surface area contributed by atoms with Crippen molar-refractivity contribution >= 4 is 11.0 Å². The molecule has 0 unspecified atom stereocenters. The molecule has 4 rings (SSSR count). The Morgan fingerprint density at radius 2 is 1.36 bits per heavy atom. The number of fused-ring (bicyclic) bond motifs is 1. The van der Waals surface area contributed by atoms with Crippen LogP contribution in [-0.4, -0.2) is 20.1 Å². The standard InChI is InChI=1S/C26H26F3N3O/c1-24(2,3)17-12-18(25(4,5)20-8-6-7-9-23(20)33)14-19(13-17)32-30-21-11-10-16(26(27,28)29)15-22(21)31-32/h6-15,33H,1-5H3. The summed E-state index contributed by atoms with van der Waals surface area (Å²) in [6, 6.07) is 16.5. The molecule has 4 nitrogen and oxygen atoms in total. The van der Waals surface area contributed by atoms with Crippen LogP contribution in [0, 0.1) is 0 Å². The summed E-state index contributed by atoms with van der Waals surface area (Å²) in [6.45, 7) is 10.3. The number of aromatic hydroxyl groups is 1. The molecule has 0 aliphatic carbocycles. The van der Waals surface area contributed by atoms with Crippen molar-refractivity contribution in [1.29, 1.82) is 0 Å². The molecule has 33 heavy (non-hydrogen) atoms. The van der Waals surface area contributed by atoms with Gasteiger partial charge in [0, 0.05) is 11.0 Å². The largest absolute Gasteiger partial charge is 0.508 e. The van der Waals surface area contributed by atoms with Crippen LogP contribution in [0.3, 0.4) is 0 Å². The topological polar surface area (TPSA) is 50.9 Å². The Balaban J connectivity index is 1.90. The average molecular weight is 454 g/mol. The fourth-order valence-electron chi connectivity index (χ4n) is 3.88. The predicted molar refractivity (Wildman–Crippen MR) is 123 cm³/mol. The van der Waals surface area contributed by atoms with Gasteiger partial charge in [0.15, 0.2) is 0 Å². The zero-order chi connectivity index (χ0) is 24.2. The van der Waals surface area contributed by atoms with E-state index in [1.165, 1.54) is 10.9 Å². The number of hydrogen-bond acceptors (Lipinski definition) is 3. The van der Waals surface area contributed by atoms with Crippen molar-refractivity contribution in [2.75, 3.05) is 0 Å². The van der Waals surface area contributed by atoms with Crippen molar-refractivity contribution in [3.63, 3.8) is 0 Å². The van der Waals surface area contributed by atoms with E-state index in [9.17, 15) is 18.3 Å². The van der Waals surface area contributed by atoms with E-state index in [4.69, 9.17) is 0 Å². The lowest BCUT2D eigenvalue weighted by molar-refractivity contribution is -0.137. The molecule has 1 aromatic heterocycles. The molecule has 4 aromatic rings. The van der Waals surface area contributed by atoms with E-state index in [1.807, 2.05) is 38.1 Å². The molecule has 0 bridgehead atoms. The lowest BCUT2D eigenvalue weighted by Gasteiger charge is -2.30. The number of rotatable bonds is 3. The third kappa shape index (κ3) is 4.32. The summed E-state index contributed by atoms with van der Waals surface area (Å²) in [4.78, 5) is 1.38. The van der Waals surface area contributed by atoms with Crippen LogP contribution in [0.15, 0.2) is 60.7 Å². The second-order valence-corrected chi connectivity index (χ2v) is 9.85. The molecule has 0 amide bonds. The first-order valence-corrected chi connectivity index (χ1v) is 10.7. The average Bonchev–Trinajstić information content (AvgIpc) is 3.16. The zero-order valence-corrected chi connectivity index (χ0v) is 19.2. The minimum Gasteiger partial charge on any atom is -0.508 e. The number of aromatic nitrogens is 3. The van der Waals surface area contributed by atoms with Crippen LogP contribution in [0.2, 0.25) is 0 Å². The Hall–Kier alpha value is -3.35. The predicted octanol–water partition coefficient (Wildman–Crippen LogP) is 6.77. The Labute approximate surface area is 190 Å². The molecular formula is C26H26F3N3O. The van der Waals surface area contributed by atoms with E-state index in [2.05, 4.69) is 37.0 Å². The Kier molecular flexibility index (Phi) is 5.26. The molecule has 1 heterocycles. The first kappa shape index (κ1) is 22.8. The van der Waals surface area contributed by atoms with Gasteiger partial charge in [0.25, 0.3) is 0 Å². The zero-order valence-electron chi connectivity index (χ0n) is 19.2. The van der Waals surface area contributed by atoms with Gasteiger partial charge >= 0.3 is 6.18 Å². The second kappa shape index (κ2) is 7.61. The lowest BCUT2D eigenvalue weighted by atomic mass is 9.75. The number of benzene rings is 3. The summed E-state index contributed by atoms with van der Waals surface area (Å²) in [7, 11) is 0. The van der Waals surface area contributed by atoms with E-state index >= 15 is 0 Å². The summed E-state index contributed by atoms with van der Waals surface area (Å²) in [6.07, 6.45) is -4.45. The highest BCUT2D eigenvalue weighted by Gasteiger charge is 2.31. The number of nitrogens with zero attached hydrogens (tertiary/aromatic N) is 3. The first-order chi connectivity index (χ1) is 15.3. The van der Waals surface area contributed by atoms with Crippen LogP contribution in [0.4, 0.5) is 13.2 Å². The summed E-state index contributed by atoms with van der Waals surface area (Å²) < 4.78 is 39.4. The van der Waals surface area contributed by atoms with Gasteiger partial charge < -0.3 is 5.11 Å². The van der Waals surface area contributed by atoms with Gasteiger partial charge in [0.2, 0.25) is 0 Å². The SMILES string of the molecule is CC(C)(C)c1cc(-n2nc3ccc(C(F)(F)F)cc3n2)cc(C(C)(C)c2ccccc2O)c1. The van der Waals surface area contributed by atoms with Crippen molar-refractivity contribution in [3.8, 4) is 11.4 Å². The van der Waals surface area contributed by atoms with Crippen LogP contribution in [0.5, 0.6) is 5.75 Å². The molecule has 1 N–H and O–H groups in total. The Bertz CT molecular complexity index is 1330. The maximum absolute atomic E-state index is 13.1. The van der Waals surface area contributed by atoms with Crippen molar-refractivity contribution < 1.29 is 18.3 Å². The quantitative estimate of drug-likeness (QED) is 0.372. The number of phenolic OH excluding ortho intramolecular Hbond substituents is 1. The minimum atomic E-state index is -4.45. The molecule has 3 aromatic carbocycles. The summed E-state index contributed by atoms with van der Waals surface area (Å²) in [5.74, 6) is 0.202. The summed E-state index contributed by atoms with van der Waals surface area (Å²) in [5, 5.41) is 19.3. The van der Waals surface area contributed by atoms with Crippen molar-refractivity contribution in [2.45, 2.75) is 51.6 Å². The van der Waals surface area contributed by atoms with E-state index in [0.717, 1.165) is 28.8 Å². The molecule has 0 aliphatic rings. The molecule has 0 spiro atoms. The lowest BCUT2D eigenvalue weighted by Crippen LogP contribution is -2.22. The van der Waals surface area contributed by atoms with Crippen LogP contribution in [-0.2, 0) is 17.0 Å². The maximum atomic E-state index is 13.1. The van der Waals surface area contributed by atoms with Gasteiger partial charge in [-0.1, -0.05) is 58.9 Å². The van der Waals surface area contributed by atoms with Gasteiger partial charge in [-0.05, 0) is 52.9 Å². The second-order valence-electron chi connectivity index (χ2n) is 9.85. The van der Waals surface area contributed by atoms with Crippen LogP contribution in [0.1, 0.15) is 56.9 Å². The van der Waals surface area contributed by atoms with Gasteiger partial charge in [0.1, 0.15) is 16.8 Å². The van der Waals surface area contributed by atoms with E-state index in [0.29, 0.717) is 11.2 Å². The van der Waals surface area contributed by atoms with Crippen molar-refractivity contribution in [2.24, 2.45) is 0 Å². The van der Waals surface area contributed by atoms with E-state index < -0.39 is 17.2 Å². The Morgan fingerprint density at radius 3 is 2.00 bits per heavy atom. The molecule has 0 fully saturated rings. The van der Waals surface area contributed by atoms with Crippen molar-refractivity contribution in [1.82, 2.24) is 15.0 Å². The fraction of sp³-hybridized carbons (Fsp3) is 0.308. The van der Waals surface area contributed by atoms with Gasteiger partial charge in [0.05, 0.1) is 11.3 Å². The molecular weight excluding hydrogens is 427 g/mol. The minimum absolute atomic E-state index is 0.174. The number of alkyl halides is 3. The van der Waals surface area contributed by atoms with Crippen LogP contribution in [0.25, 0.3) is 16.7 Å². The molecule has 172 valence electrons. The normalized spacial score (nSPS) is 13.0. The highest BCUT2D eigenvalue weighted by Crippen LogP contribution is 2.39. The highest BCUT2D eigenvalue weighted by atomic mass is 19.4. The molecule has 0 atom stereocenters. The Morgan fingerprint density at radius 1 is 0.727 bits per heavy atom. The molecule has 0 saturated heterocycles. The third-order valence-electron chi connectivity index (χ3n) is 6.02. The number of halogens is 3. The first-order valence-electron chi connectivity index (χ1n) is 10.7. The van der Waals surface area contributed by atoms with Crippen LogP contribution >= 0.6 is 0 Å². The van der Waals surface area contributed by atoms with E-state index in [-0.39, 0.29) is 16.7 Å². The summed E-state index contributed by atoms with van der Waals surface area (Å²) >= 11 is 0.